The normalized spacial score (nSPS) is 32.0. The molecule has 22 heavy (non-hydrogen) atoms. The molecular weight excluding hydrogens is 288 g/mol. The maximum Gasteiger partial charge on any atom is 0.306 e. The van der Waals surface area contributed by atoms with Gasteiger partial charge in [-0.1, -0.05) is 12.1 Å². The number of hydrogen-bond acceptors (Lipinski definition) is 2. The topological polar surface area (TPSA) is 40.5 Å². The Morgan fingerprint density at radius 2 is 2.18 bits per heavy atom. The lowest BCUT2D eigenvalue weighted by Crippen LogP contribution is -2.41. The van der Waals surface area contributed by atoms with Gasteiger partial charge in [0.25, 0.3) is 0 Å². The van der Waals surface area contributed by atoms with Gasteiger partial charge >= 0.3 is 5.97 Å². The van der Waals surface area contributed by atoms with Gasteiger partial charge in [-0.15, -0.1) is 0 Å². The minimum atomic E-state index is -1.69. The van der Waals surface area contributed by atoms with Gasteiger partial charge in [0.15, 0.2) is 0 Å². The van der Waals surface area contributed by atoms with Crippen molar-refractivity contribution in [3.63, 3.8) is 0 Å². The van der Waals surface area contributed by atoms with Gasteiger partial charge in [0.2, 0.25) is 0 Å². The molecule has 120 valence electrons. The fraction of sp³-hybridized carbons (Fsp3) is 0.588. The molecule has 3 nitrogen and oxygen atoms in total. The second-order valence-electron chi connectivity index (χ2n) is 6.68. The largest absolute Gasteiger partial charge is 0.481 e. The van der Waals surface area contributed by atoms with Crippen molar-refractivity contribution in [3.8, 4) is 0 Å². The maximum absolute atomic E-state index is 14.6. The molecular formula is C17H21F2NO2. The smallest absolute Gasteiger partial charge is 0.306 e. The van der Waals surface area contributed by atoms with Crippen LogP contribution in [-0.4, -0.2) is 28.6 Å². The molecule has 1 N–H and O–H groups in total. The standard InChI is InChI=1S/C17H21F2NO2/c1-11-3-2-6-20(11)10-12-4-5-14(7-15(12)18)17(19)8-13(9-17)16(21)22/h4-5,7,11,13H,2-3,6,8-10H2,1H3,(H,21,22)/t11-,13?,17?/m1/s1. The van der Waals surface area contributed by atoms with E-state index in [-0.39, 0.29) is 18.4 Å². The van der Waals surface area contributed by atoms with E-state index in [9.17, 15) is 13.6 Å². The van der Waals surface area contributed by atoms with Gasteiger partial charge in [0.1, 0.15) is 11.5 Å². The van der Waals surface area contributed by atoms with Crippen LogP contribution in [-0.2, 0) is 17.0 Å². The summed E-state index contributed by atoms with van der Waals surface area (Å²) in [7, 11) is 0. The summed E-state index contributed by atoms with van der Waals surface area (Å²) in [4.78, 5) is 13.0. The van der Waals surface area contributed by atoms with Crippen LogP contribution in [0.3, 0.4) is 0 Å². The van der Waals surface area contributed by atoms with Crippen LogP contribution in [0.1, 0.15) is 43.7 Å². The van der Waals surface area contributed by atoms with E-state index >= 15 is 0 Å². The molecule has 0 bridgehead atoms. The zero-order valence-corrected chi connectivity index (χ0v) is 12.7. The van der Waals surface area contributed by atoms with Gasteiger partial charge in [-0.3, -0.25) is 9.69 Å². The fourth-order valence-electron chi connectivity index (χ4n) is 3.53. The second-order valence-corrected chi connectivity index (χ2v) is 6.68. The van der Waals surface area contributed by atoms with Crippen molar-refractivity contribution < 1.29 is 18.7 Å². The van der Waals surface area contributed by atoms with E-state index in [0.717, 1.165) is 19.4 Å². The van der Waals surface area contributed by atoms with Crippen LogP contribution in [0.2, 0.25) is 0 Å². The van der Waals surface area contributed by atoms with Crippen molar-refractivity contribution in [2.24, 2.45) is 5.92 Å². The number of benzene rings is 1. The summed E-state index contributed by atoms with van der Waals surface area (Å²) >= 11 is 0. The molecule has 3 rings (SSSR count). The number of hydrogen-bond donors (Lipinski definition) is 1. The van der Waals surface area contributed by atoms with Crippen LogP contribution >= 0.6 is 0 Å². The Labute approximate surface area is 128 Å². The first-order valence-corrected chi connectivity index (χ1v) is 7.84. The summed E-state index contributed by atoms with van der Waals surface area (Å²) in [6, 6.07) is 4.95. The van der Waals surface area contributed by atoms with Crippen LogP contribution in [0.15, 0.2) is 18.2 Å². The minimum Gasteiger partial charge on any atom is -0.481 e. The van der Waals surface area contributed by atoms with Crippen molar-refractivity contribution in [1.29, 1.82) is 0 Å². The summed E-state index contributed by atoms with van der Waals surface area (Å²) < 4.78 is 28.9. The summed E-state index contributed by atoms with van der Waals surface area (Å²) in [5, 5.41) is 8.85. The number of carboxylic acids is 1. The Morgan fingerprint density at radius 3 is 2.73 bits per heavy atom. The first-order chi connectivity index (χ1) is 10.4. The van der Waals surface area contributed by atoms with Crippen LogP contribution in [0.5, 0.6) is 0 Å². The number of alkyl halides is 1. The summed E-state index contributed by atoms with van der Waals surface area (Å²) in [5.41, 5.74) is -0.848. The van der Waals surface area contributed by atoms with Gasteiger partial charge in [0.05, 0.1) is 5.92 Å². The van der Waals surface area contributed by atoms with E-state index in [4.69, 9.17) is 5.11 Å². The molecule has 1 aliphatic heterocycles. The molecule has 1 saturated heterocycles. The fourth-order valence-corrected chi connectivity index (χ4v) is 3.53. The van der Waals surface area contributed by atoms with Gasteiger partial charge in [-0.2, -0.15) is 0 Å². The predicted molar refractivity (Wildman–Crippen MR) is 78.7 cm³/mol. The Morgan fingerprint density at radius 1 is 1.45 bits per heavy atom. The van der Waals surface area contributed by atoms with Crippen molar-refractivity contribution >= 4 is 5.97 Å². The van der Waals surface area contributed by atoms with Crippen LogP contribution in [0.25, 0.3) is 0 Å². The van der Waals surface area contributed by atoms with Gasteiger partial charge in [-0.05, 0) is 50.8 Å². The predicted octanol–water partition coefficient (Wildman–Crippen LogP) is 3.47. The minimum absolute atomic E-state index is 0.0652. The van der Waals surface area contributed by atoms with Crippen molar-refractivity contribution in [3.05, 3.63) is 35.1 Å². The number of aliphatic carboxylic acids is 1. The molecule has 1 atom stereocenters. The molecule has 1 heterocycles. The molecule has 0 spiro atoms. The number of likely N-dealkylation sites (tertiary alicyclic amines) is 1. The third-order valence-corrected chi connectivity index (χ3v) is 5.12. The molecule has 2 aliphatic rings. The number of halogens is 2. The summed E-state index contributed by atoms with van der Waals surface area (Å²) in [5.74, 6) is -2.03. The Bertz CT molecular complexity index is 584. The highest BCUT2D eigenvalue weighted by Gasteiger charge is 2.49. The van der Waals surface area contributed by atoms with Crippen LogP contribution in [0.4, 0.5) is 8.78 Å². The zero-order valence-electron chi connectivity index (χ0n) is 12.7. The molecule has 0 radical (unpaired) electrons. The van der Waals surface area contributed by atoms with Crippen molar-refractivity contribution in [1.82, 2.24) is 4.90 Å². The molecule has 0 amide bonds. The van der Waals surface area contributed by atoms with E-state index in [0.29, 0.717) is 18.2 Å². The highest BCUT2D eigenvalue weighted by Crippen LogP contribution is 2.49. The van der Waals surface area contributed by atoms with E-state index in [1.54, 1.807) is 12.1 Å². The van der Waals surface area contributed by atoms with Crippen molar-refractivity contribution in [2.75, 3.05) is 6.54 Å². The average molecular weight is 309 g/mol. The van der Waals surface area contributed by atoms with E-state index in [2.05, 4.69) is 11.8 Å². The zero-order chi connectivity index (χ0) is 15.9. The first-order valence-electron chi connectivity index (χ1n) is 7.84. The lowest BCUT2D eigenvalue weighted by atomic mass is 9.68. The van der Waals surface area contributed by atoms with E-state index in [1.165, 1.54) is 6.07 Å². The third-order valence-electron chi connectivity index (χ3n) is 5.12. The van der Waals surface area contributed by atoms with Crippen LogP contribution in [0, 0.1) is 11.7 Å². The summed E-state index contributed by atoms with van der Waals surface area (Å²) in [6.45, 7) is 3.65. The van der Waals surface area contributed by atoms with Gasteiger partial charge in [0, 0.05) is 18.2 Å². The maximum atomic E-state index is 14.6. The molecule has 2 fully saturated rings. The Hall–Kier alpha value is -1.49. The molecule has 0 unspecified atom stereocenters. The number of nitrogens with zero attached hydrogens (tertiary/aromatic N) is 1. The number of carboxylic acid groups (broad SMARTS) is 1. The lowest BCUT2D eigenvalue weighted by Gasteiger charge is -2.39. The Kier molecular flexibility index (Phi) is 3.93. The molecule has 5 heteroatoms. The third kappa shape index (κ3) is 2.74. The van der Waals surface area contributed by atoms with Gasteiger partial charge < -0.3 is 5.11 Å². The average Bonchev–Trinajstić information content (AvgIpc) is 2.82. The molecule has 1 aliphatic carbocycles. The van der Waals surface area contributed by atoms with E-state index < -0.39 is 23.4 Å². The Balaban J connectivity index is 1.71. The summed E-state index contributed by atoms with van der Waals surface area (Å²) in [6.07, 6.45) is 2.13. The molecule has 1 aromatic carbocycles. The molecule has 1 aromatic rings. The lowest BCUT2D eigenvalue weighted by molar-refractivity contribution is -0.152. The second kappa shape index (κ2) is 5.61. The highest BCUT2D eigenvalue weighted by atomic mass is 19.1. The molecule has 0 aromatic heterocycles. The van der Waals surface area contributed by atoms with Crippen molar-refractivity contribution in [2.45, 2.75) is 50.9 Å². The quantitative estimate of drug-likeness (QED) is 0.926. The van der Waals surface area contributed by atoms with E-state index in [1.807, 2.05) is 0 Å². The SMILES string of the molecule is C[C@@H]1CCCN1Cc1ccc(C2(F)CC(C(=O)O)C2)cc1F. The molecule has 1 saturated carbocycles. The van der Waals surface area contributed by atoms with Gasteiger partial charge in [-0.25, -0.2) is 8.78 Å². The number of rotatable bonds is 4. The number of carbonyl (C=O) groups is 1. The first kappa shape index (κ1) is 15.4. The van der Waals surface area contributed by atoms with Crippen LogP contribution < -0.4 is 0 Å². The monoisotopic (exact) mass is 309 g/mol. The highest BCUT2D eigenvalue weighted by molar-refractivity contribution is 5.72.